The van der Waals surface area contributed by atoms with Gasteiger partial charge in [-0.05, 0) is 24.1 Å². The van der Waals surface area contributed by atoms with E-state index in [-0.39, 0.29) is 17.7 Å². The molecule has 1 aliphatic rings. The van der Waals surface area contributed by atoms with Crippen LogP contribution < -0.4 is 5.32 Å². The summed E-state index contributed by atoms with van der Waals surface area (Å²) in [5.41, 5.74) is 0.746. The van der Waals surface area contributed by atoms with Crippen molar-refractivity contribution in [1.82, 2.24) is 10.2 Å². The van der Waals surface area contributed by atoms with E-state index in [9.17, 15) is 14.3 Å². The molecule has 98 valence electrons. The van der Waals surface area contributed by atoms with E-state index >= 15 is 0 Å². The Bertz CT molecular complexity index is 430. The molecule has 0 aliphatic carbocycles. The highest BCUT2D eigenvalue weighted by Crippen LogP contribution is 2.18. The van der Waals surface area contributed by atoms with Gasteiger partial charge in [-0.3, -0.25) is 9.69 Å². The standard InChI is InChI=1S/C13H17FN2O2/c1-9(17)15-12-2-3-16(8-12)7-10-4-11(14)6-13(18)5-10/h4-6,12,18H,2-3,7-8H2,1H3,(H,15,17). The summed E-state index contributed by atoms with van der Waals surface area (Å²) < 4.78 is 13.1. The molecule has 2 rings (SSSR count). The smallest absolute Gasteiger partial charge is 0.217 e. The van der Waals surface area contributed by atoms with E-state index in [0.29, 0.717) is 6.54 Å². The quantitative estimate of drug-likeness (QED) is 0.851. The molecule has 0 aromatic heterocycles. The summed E-state index contributed by atoms with van der Waals surface area (Å²) in [6, 6.07) is 4.25. The van der Waals surface area contributed by atoms with E-state index in [1.807, 2.05) is 0 Å². The lowest BCUT2D eigenvalue weighted by Crippen LogP contribution is -2.35. The molecule has 0 bridgehead atoms. The number of nitrogens with one attached hydrogen (secondary N) is 1. The molecule has 1 amide bonds. The molecule has 1 heterocycles. The van der Waals surface area contributed by atoms with Gasteiger partial charge < -0.3 is 10.4 Å². The summed E-state index contributed by atoms with van der Waals surface area (Å²) in [6.07, 6.45) is 0.904. The zero-order valence-electron chi connectivity index (χ0n) is 10.3. The minimum atomic E-state index is -0.428. The van der Waals surface area contributed by atoms with Crippen LogP contribution in [0.25, 0.3) is 0 Å². The maximum absolute atomic E-state index is 13.1. The van der Waals surface area contributed by atoms with Crippen LogP contribution in [0.5, 0.6) is 5.75 Å². The van der Waals surface area contributed by atoms with Crippen LogP contribution in [0.15, 0.2) is 18.2 Å². The van der Waals surface area contributed by atoms with E-state index in [0.717, 1.165) is 31.1 Å². The van der Waals surface area contributed by atoms with Gasteiger partial charge in [-0.25, -0.2) is 4.39 Å². The Kier molecular flexibility index (Phi) is 3.81. The van der Waals surface area contributed by atoms with Crippen molar-refractivity contribution in [3.63, 3.8) is 0 Å². The fourth-order valence-electron chi connectivity index (χ4n) is 2.36. The Morgan fingerprint density at radius 2 is 2.33 bits per heavy atom. The number of hydrogen-bond donors (Lipinski definition) is 2. The molecule has 1 unspecified atom stereocenters. The van der Waals surface area contributed by atoms with Crippen molar-refractivity contribution in [2.75, 3.05) is 13.1 Å². The van der Waals surface area contributed by atoms with Crippen LogP contribution in [-0.2, 0) is 11.3 Å². The molecule has 1 aromatic carbocycles. The van der Waals surface area contributed by atoms with Crippen molar-refractivity contribution < 1.29 is 14.3 Å². The second kappa shape index (κ2) is 5.35. The molecule has 0 radical (unpaired) electrons. The maximum atomic E-state index is 13.1. The van der Waals surface area contributed by atoms with E-state index in [1.54, 1.807) is 6.07 Å². The first-order valence-corrected chi connectivity index (χ1v) is 6.01. The summed E-state index contributed by atoms with van der Waals surface area (Å²) in [5, 5.41) is 12.2. The summed E-state index contributed by atoms with van der Waals surface area (Å²) in [6.45, 7) is 3.72. The summed E-state index contributed by atoms with van der Waals surface area (Å²) in [4.78, 5) is 13.1. The third-order valence-corrected chi connectivity index (χ3v) is 3.03. The van der Waals surface area contributed by atoms with Crippen LogP contribution in [0, 0.1) is 5.82 Å². The van der Waals surface area contributed by atoms with Crippen LogP contribution in [0.1, 0.15) is 18.9 Å². The number of hydrogen-bond acceptors (Lipinski definition) is 3. The Hall–Kier alpha value is -1.62. The number of phenols is 1. The third kappa shape index (κ3) is 3.43. The van der Waals surface area contributed by atoms with Crippen LogP contribution in [-0.4, -0.2) is 35.0 Å². The Morgan fingerprint density at radius 1 is 1.56 bits per heavy atom. The molecule has 0 spiro atoms. The number of amides is 1. The SMILES string of the molecule is CC(=O)NC1CCN(Cc2cc(O)cc(F)c2)C1. The van der Waals surface area contributed by atoms with Crippen LogP contribution >= 0.6 is 0 Å². The van der Waals surface area contributed by atoms with Crippen LogP contribution in [0.4, 0.5) is 4.39 Å². The number of carbonyl (C=O) groups excluding carboxylic acids is 1. The first-order chi connectivity index (χ1) is 8.52. The lowest BCUT2D eigenvalue weighted by molar-refractivity contribution is -0.119. The molecule has 0 saturated carbocycles. The second-order valence-corrected chi connectivity index (χ2v) is 4.74. The largest absolute Gasteiger partial charge is 0.508 e. The van der Waals surface area contributed by atoms with Crippen molar-refractivity contribution in [3.05, 3.63) is 29.6 Å². The third-order valence-electron chi connectivity index (χ3n) is 3.03. The van der Waals surface area contributed by atoms with E-state index < -0.39 is 5.82 Å². The van der Waals surface area contributed by atoms with Crippen molar-refractivity contribution in [1.29, 1.82) is 0 Å². The average Bonchev–Trinajstić information content (AvgIpc) is 2.62. The van der Waals surface area contributed by atoms with Gasteiger partial charge in [0.25, 0.3) is 0 Å². The highest BCUT2D eigenvalue weighted by Gasteiger charge is 2.22. The van der Waals surface area contributed by atoms with E-state index in [2.05, 4.69) is 10.2 Å². The molecular formula is C13H17FN2O2. The van der Waals surface area contributed by atoms with Crippen molar-refractivity contribution in [3.8, 4) is 5.75 Å². The van der Waals surface area contributed by atoms with Gasteiger partial charge in [0.2, 0.25) is 5.91 Å². The Morgan fingerprint density at radius 3 is 3.00 bits per heavy atom. The average molecular weight is 252 g/mol. The molecule has 1 atom stereocenters. The molecule has 2 N–H and O–H groups in total. The lowest BCUT2D eigenvalue weighted by atomic mass is 10.2. The van der Waals surface area contributed by atoms with Crippen molar-refractivity contribution >= 4 is 5.91 Å². The topological polar surface area (TPSA) is 52.6 Å². The summed E-state index contributed by atoms with van der Waals surface area (Å²) in [7, 11) is 0. The lowest BCUT2D eigenvalue weighted by Gasteiger charge is -2.16. The first kappa shape index (κ1) is 12.8. The number of aromatic hydroxyl groups is 1. The van der Waals surface area contributed by atoms with Gasteiger partial charge in [0, 0.05) is 38.7 Å². The molecule has 5 heteroatoms. The Labute approximate surface area is 105 Å². The molecule has 1 saturated heterocycles. The fraction of sp³-hybridized carbons (Fsp3) is 0.462. The predicted octanol–water partition coefficient (Wildman–Crippen LogP) is 1.24. The monoisotopic (exact) mass is 252 g/mol. The Balaban J connectivity index is 1.93. The number of rotatable bonds is 3. The number of phenolic OH excluding ortho intramolecular Hbond substituents is 1. The normalized spacial score (nSPS) is 20.0. The number of benzene rings is 1. The van der Waals surface area contributed by atoms with Crippen molar-refractivity contribution in [2.45, 2.75) is 25.9 Å². The second-order valence-electron chi connectivity index (χ2n) is 4.74. The van der Waals surface area contributed by atoms with Gasteiger partial charge in [0.1, 0.15) is 11.6 Å². The first-order valence-electron chi connectivity index (χ1n) is 6.01. The summed E-state index contributed by atoms with van der Waals surface area (Å²) >= 11 is 0. The minimum Gasteiger partial charge on any atom is -0.508 e. The molecule has 1 aromatic rings. The molecule has 1 aliphatic heterocycles. The zero-order valence-corrected chi connectivity index (χ0v) is 10.3. The van der Waals surface area contributed by atoms with Gasteiger partial charge in [-0.2, -0.15) is 0 Å². The predicted molar refractivity (Wildman–Crippen MR) is 65.6 cm³/mol. The van der Waals surface area contributed by atoms with Gasteiger partial charge in [-0.1, -0.05) is 0 Å². The van der Waals surface area contributed by atoms with Crippen molar-refractivity contribution in [2.24, 2.45) is 0 Å². The van der Waals surface area contributed by atoms with Crippen LogP contribution in [0.3, 0.4) is 0 Å². The fourth-order valence-corrected chi connectivity index (χ4v) is 2.36. The highest BCUT2D eigenvalue weighted by molar-refractivity contribution is 5.73. The maximum Gasteiger partial charge on any atom is 0.217 e. The van der Waals surface area contributed by atoms with Gasteiger partial charge in [0.15, 0.2) is 0 Å². The zero-order chi connectivity index (χ0) is 13.1. The van der Waals surface area contributed by atoms with Gasteiger partial charge in [0.05, 0.1) is 0 Å². The molecule has 1 fully saturated rings. The number of nitrogens with zero attached hydrogens (tertiary/aromatic N) is 1. The van der Waals surface area contributed by atoms with E-state index in [1.165, 1.54) is 13.0 Å². The molecular weight excluding hydrogens is 235 g/mol. The molecule has 4 nitrogen and oxygen atoms in total. The number of halogens is 1. The highest BCUT2D eigenvalue weighted by atomic mass is 19.1. The van der Waals surface area contributed by atoms with Gasteiger partial charge >= 0.3 is 0 Å². The molecule has 18 heavy (non-hydrogen) atoms. The minimum absolute atomic E-state index is 0.0229. The number of carbonyl (C=O) groups is 1. The summed E-state index contributed by atoms with van der Waals surface area (Å²) in [5.74, 6) is -0.504. The van der Waals surface area contributed by atoms with Gasteiger partial charge in [-0.15, -0.1) is 0 Å². The van der Waals surface area contributed by atoms with E-state index in [4.69, 9.17) is 0 Å². The number of likely N-dealkylation sites (tertiary alicyclic amines) is 1. The van der Waals surface area contributed by atoms with Crippen LogP contribution in [0.2, 0.25) is 0 Å².